The summed E-state index contributed by atoms with van der Waals surface area (Å²) >= 11 is 0. The summed E-state index contributed by atoms with van der Waals surface area (Å²) in [5.41, 5.74) is 0. The Morgan fingerprint density at radius 1 is 1.33 bits per heavy atom. The van der Waals surface area contributed by atoms with E-state index in [0.29, 0.717) is 12.1 Å². The Balaban J connectivity index is 2.41. The van der Waals surface area contributed by atoms with Crippen molar-refractivity contribution in [3.63, 3.8) is 0 Å². The van der Waals surface area contributed by atoms with Gasteiger partial charge in [0, 0.05) is 32.8 Å². The van der Waals surface area contributed by atoms with E-state index in [0.717, 1.165) is 12.5 Å². The number of likely N-dealkylation sites (tertiary alicyclic amines) is 1. The number of piperidine rings is 1. The van der Waals surface area contributed by atoms with Gasteiger partial charge in [-0.2, -0.15) is 0 Å². The molecule has 0 aromatic rings. The zero-order valence-corrected chi connectivity index (χ0v) is 10.6. The first-order valence-electron chi connectivity index (χ1n) is 6.10. The van der Waals surface area contributed by atoms with Gasteiger partial charge in [0.05, 0.1) is 6.10 Å². The molecule has 15 heavy (non-hydrogen) atoms. The van der Waals surface area contributed by atoms with Crippen LogP contribution in [0.5, 0.6) is 0 Å². The van der Waals surface area contributed by atoms with E-state index in [1.165, 1.54) is 25.9 Å². The predicted octanol–water partition coefficient (Wildman–Crippen LogP) is 1.34. The second-order valence-corrected chi connectivity index (χ2v) is 4.84. The standard InChI is InChI=1S/C12H26N2O/c1-10(2)12(9-13-3)14-7-5-11(15-4)6-8-14/h10-13H,5-9H2,1-4H3. The van der Waals surface area contributed by atoms with Gasteiger partial charge in [-0.05, 0) is 25.8 Å². The fourth-order valence-corrected chi connectivity index (χ4v) is 2.44. The van der Waals surface area contributed by atoms with Crippen LogP contribution < -0.4 is 5.32 Å². The fraction of sp³-hybridized carbons (Fsp3) is 1.00. The van der Waals surface area contributed by atoms with Crippen LogP contribution in [0.2, 0.25) is 0 Å². The quantitative estimate of drug-likeness (QED) is 0.747. The number of nitrogens with zero attached hydrogens (tertiary/aromatic N) is 1. The molecular formula is C12H26N2O. The van der Waals surface area contributed by atoms with Crippen LogP contribution in [0, 0.1) is 5.92 Å². The van der Waals surface area contributed by atoms with Crippen LogP contribution in [-0.4, -0.2) is 50.8 Å². The Morgan fingerprint density at radius 3 is 2.33 bits per heavy atom. The van der Waals surface area contributed by atoms with Gasteiger partial charge in [-0.1, -0.05) is 13.8 Å². The van der Waals surface area contributed by atoms with Crippen LogP contribution in [-0.2, 0) is 4.74 Å². The summed E-state index contributed by atoms with van der Waals surface area (Å²) in [6, 6.07) is 0.674. The first kappa shape index (κ1) is 12.9. The molecule has 0 aromatic carbocycles. The van der Waals surface area contributed by atoms with Crippen molar-refractivity contribution in [2.24, 2.45) is 5.92 Å². The molecule has 1 aliphatic rings. The smallest absolute Gasteiger partial charge is 0.0595 e. The lowest BCUT2D eigenvalue weighted by atomic mass is 9.98. The largest absolute Gasteiger partial charge is 0.381 e. The van der Waals surface area contributed by atoms with Crippen molar-refractivity contribution in [1.29, 1.82) is 0 Å². The molecule has 0 saturated carbocycles. The Bertz CT molecular complexity index is 165. The zero-order valence-electron chi connectivity index (χ0n) is 10.6. The van der Waals surface area contributed by atoms with Crippen LogP contribution in [0.3, 0.4) is 0 Å². The second kappa shape index (κ2) is 6.46. The molecule has 90 valence electrons. The molecule has 3 nitrogen and oxygen atoms in total. The molecule has 3 heteroatoms. The zero-order chi connectivity index (χ0) is 11.3. The van der Waals surface area contributed by atoms with Gasteiger partial charge in [0.25, 0.3) is 0 Å². The lowest BCUT2D eigenvalue weighted by molar-refractivity contribution is 0.0198. The van der Waals surface area contributed by atoms with E-state index in [4.69, 9.17) is 4.74 Å². The molecule has 1 N–H and O–H groups in total. The highest BCUT2D eigenvalue weighted by atomic mass is 16.5. The summed E-state index contributed by atoms with van der Waals surface area (Å²) in [5.74, 6) is 0.719. The average molecular weight is 214 g/mol. The van der Waals surface area contributed by atoms with Crippen LogP contribution in [0.1, 0.15) is 26.7 Å². The summed E-state index contributed by atoms with van der Waals surface area (Å²) in [7, 11) is 3.87. The fourth-order valence-electron chi connectivity index (χ4n) is 2.44. The second-order valence-electron chi connectivity index (χ2n) is 4.84. The molecule has 0 bridgehead atoms. The molecule has 1 aliphatic heterocycles. The van der Waals surface area contributed by atoms with E-state index in [1.54, 1.807) is 0 Å². The number of hydrogen-bond donors (Lipinski definition) is 1. The third kappa shape index (κ3) is 3.74. The highest BCUT2D eigenvalue weighted by Gasteiger charge is 2.26. The van der Waals surface area contributed by atoms with Gasteiger partial charge in [0.2, 0.25) is 0 Å². The summed E-state index contributed by atoms with van der Waals surface area (Å²) in [6.07, 6.45) is 2.86. The molecule has 1 heterocycles. The predicted molar refractivity (Wildman–Crippen MR) is 64.2 cm³/mol. The van der Waals surface area contributed by atoms with E-state index in [-0.39, 0.29) is 0 Å². The monoisotopic (exact) mass is 214 g/mol. The molecule has 0 radical (unpaired) electrons. The lowest BCUT2D eigenvalue weighted by Gasteiger charge is -2.39. The van der Waals surface area contributed by atoms with E-state index in [2.05, 4.69) is 24.1 Å². The van der Waals surface area contributed by atoms with E-state index in [9.17, 15) is 0 Å². The number of hydrogen-bond acceptors (Lipinski definition) is 3. The van der Waals surface area contributed by atoms with E-state index in [1.807, 2.05) is 14.2 Å². The van der Waals surface area contributed by atoms with Gasteiger partial charge in [-0.25, -0.2) is 0 Å². The first-order chi connectivity index (χ1) is 7.19. The van der Waals surface area contributed by atoms with Crippen molar-refractivity contribution in [3.05, 3.63) is 0 Å². The molecule has 1 unspecified atom stereocenters. The van der Waals surface area contributed by atoms with Gasteiger partial charge in [-0.15, -0.1) is 0 Å². The van der Waals surface area contributed by atoms with Crippen LogP contribution in [0.4, 0.5) is 0 Å². The van der Waals surface area contributed by atoms with Crippen molar-refractivity contribution in [2.75, 3.05) is 33.8 Å². The first-order valence-corrected chi connectivity index (χ1v) is 6.10. The van der Waals surface area contributed by atoms with Crippen LogP contribution in [0.25, 0.3) is 0 Å². The molecule has 1 atom stereocenters. The Kier molecular flexibility index (Phi) is 5.58. The van der Waals surface area contributed by atoms with Gasteiger partial charge >= 0.3 is 0 Å². The molecule has 0 aliphatic carbocycles. The Morgan fingerprint density at radius 2 is 1.93 bits per heavy atom. The number of likely N-dealkylation sites (N-methyl/N-ethyl adjacent to an activating group) is 1. The van der Waals surface area contributed by atoms with Crippen molar-refractivity contribution in [1.82, 2.24) is 10.2 Å². The molecule has 0 amide bonds. The molecule has 0 spiro atoms. The third-order valence-corrected chi connectivity index (χ3v) is 3.46. The van der Waals surface area contributed by atoms with E-state index >= 15 is 0 Å². The maximum atomic E-state index is 5.40. The van der Waals surface area contributed by atoms with Crippen molar-refractivity contribution in [3.8, 4) is 0 Å². The average Bonchev–Trinajstić information content (AvgIpc) is 2.26. The maximum Gasteiger partial charge on any atom is 0.0595 e. The third-order valence-electron chi connectivity index (χ3n) is 3.46. The van der Waals surface area contributed by atoms with Crippen LogP contribution >= 0.6 is 0 Å². The summed E-state index contributed by atoms with van der Waals surface area (Å²) in [5, 5.41) is 3.30. The molecule has 1 saturated heterocycles. The molecular weight excluding hydrogens is 188 g/mol. The van der Waals surface area contributed by atoms with Crippen molar-refractivity contribution in [2.45, 2.75) is 38.8 Å². The summed E-state index contributed by atoms with van der Waals surface area (Å²) in [6.45, 7) is 8.08. The number of ether oxygens (including phenoxy) is 1. The van der Waals surface area contributed by atoms with Crippen molar-refractivity contribution < 1.29 is 4.74 Å². The van der Waals surface area contributed by atoms with Gasteiger partial charge < -0.3 is 10.1 Å². The molecule has 1 fully saturated rings. The number of rotatable bonds is 5. The lowest BCUT2D eigenvalue weighted by Crippen LogP contribution is -2.49. The van der Waals surface area contributed by atoms with Gasteiger partial charge in [-0.3, -0.25) is 4.90 Å². The highest BCUT2D eigenvalue weighted by molar-refractivity contribution is 4.81. The van der Waals surface area contributed by atoms with Gasteiger partial charge in [0.1, 0.15) is 0 Å². The number of methoxy groups -OCH3 is 1. The minimum absolute atomic E-state index is 0.489. The summed E-state index contributed by atoms with van der Waals surface area (Å²) in [4.78, 5) is 2.61. The van der Waals surface area contributed by atoms with Crippen molar-refractivity contribution >= 4 is 0 Å². The maximum absolute atomic E-state index is 5.40. The SMILES string of the molecule is CNCC(C(C)C)N1CCC(OC)CC1. The highest BCUT2D eigenvalue weighted by Crippen LogP contribution is 2.18. The molecule has 0 aromatic heterocycles. The van der Waals surface area contributed by atoms with Gasteiger partial charge in [0.15, 0.2) is 0 Å². The Labute approximate surface area is 94.2 Å². The minimum atomic E-state index is 0.489. The van der Waals surface area contributed by atoms with E-state index < -0.39 is 0 Å². The topological polar surface area (TPSA) is 24.5 Å². The number of nitrogens with one attached hydrogen (secondary N) is 1. The summed E-state index contributed by atoms with van der Waals surface area (Å²) < 4.78 is 5.40. The Hall–Kier alpha value is -0.120. The normalized spacial score (nSPS) is 22.2. The molecule has 1 rings (SSSR count). The minimum Gasteiger partial charge on any atom is -0.381 e. The van der Waals surface area contributed by atoms with Crippen LogP contribution in [0.15, 0.2) is 0 Å².